The summed E-state index contributed by atoms with van der Waals surface area (Å²) < 4.78 is 2.17. The fraction of sp³-hybridized carbons (Fsp3) is 0.250. The molecule has 1 aromatic carbocycles. The SMILES string of the molecule is CC(C)n1cncc1CNc1cnc2ccccc2c1. The number of pyridine rings is 1. The number of imidazole rings is 1. The molecule has 4 heteroatoms. The summed E-state index contributed by atoms with van der Waals surface area (Å²) in [6, 6.07) is 10.7. The van der Waals surface area contributed by atoms with Crippen molar-refractivity contribution < 1.29 is 0 Å². The third kappa shape index (κ3) is 2.50. The minimum Gasteiger partial charge on any atom is -0.378 e. The molecule has 102 valence electrons. The maximum absolute atomic E-state index is 4.45. The average Bonchev–Trinajstić information content (AvgIpc) is 2.93. The van der Waals surface area contributed by atoms with Gasteiger partial charge in [0.05, 0.1) is 36.0 Å². The topological polar surface area (TPSA) is 42.7 Å². The van der Waals surface area contributed by atoms with Crippen molar-refractivity contribution in [3.05, 3.63) is 54.7 Å². The van der Waals surface area contributed by atoms with Crippen LogP contribution in [0.1, 0.15) is 25.6 Å². The van der Waals surface area contributed by atoms with E-state index in [1.807, 2.05) is 36.9 Å². The van der Waals surface area contributed by atoms with Crippen LogP contribution in [-0.2, 0) is 6.54 Å². The van der Waals surface area contributed by atoms with Crippen molar-refractivity contribution in [3.63, 3.8) is 0 Å². The zero-order valence-electron chi connectivity index (χ0n) is 11.7. The Morgan fingerprint density at radius 1 is 1.20 bits per heavy atom. The second-order valence-electron chi connectivity index (χ2n) is 5.16. The lowest BCUT2D eigenvalue weighted by molar-refractivity contribution is 0.577. The number of anilines is 1. The zero-order valence-corrected chi connectivity index (χ0v) is 11.7. The fourth-order valence-electron chi connectivity index (χ4n) is 2.29. The lowest BCUT2D eigenvalue weighted by Crippen LogP contribution is -2.08. The highest BCUT2D eigenvalue weighted by Crippen LogP contribution is 2.17. The molecular weight excluding hydrogens is 248 g/mol. The molecule has 0 bridgehead atoms. The molecule has 20 heavy (non-hydrogen) atoms. The lowest BCUT2D eigenvalue weighted by Gasteiger charge is -2.13. The van der Waals surface area contributed by atoms with Gasteiger partial charge in [-0.05, 0) is 26.0 Å². The number of nitrogens with one attached hydrogen (secondary N) is 1. The maximum Gasteiger partial charge on any atom is 0.0951 e. The first-order valence-corrected chi connectivity index (χ1v) is 6.83. The molecule has 4 nitrogen and oxygen atoms in total. The lowest BCUT2D eigenvalue weighted by atomic mass is 10.2. The first-order chi connectivity index (χ1) is 9.74. The summed E-state index contributed by atoms with van der Waals surface area (Å²) in [5.74, 6) is 0. The molecule has 0 aliphatic rings. The summed E-state index contributed by atoms with van der Waals surface area (Å²) in [6.07, 6.45) is 5.65. The van der Waals surface area contributed by atoms with E-state index >= 15 is 0 Å². The predicted octanol–water partition coefficient (Wildman–Crippen LogP) is 3.62. The van der Waals surface area contributed by atoms with Crippen LogP contribution in [0.5, 0.6) is 0 Å². The van der Waals surface area contributed by atoms with Crippen molar-refractivity contribution in [3.8, 4) is 0 Å². The normalized spacial score (nSPS) is 11.2. The third-order valence-electron chi connectivity index (χ3n) is 3.37. The molecule has 0 amide bonds. The van der Waals surface area contributed by atoms with E-state index in [4.69, 9.17) is 0 Å². The standard InChI is InChI=1S/C16H18N4/c1-12(2)20-11-17-9-15(20)10-18-14-7-13-5-3-4-6-16(13)19-8-14/h3-9,11-12,18H,10H2,1-2H3. The van der Waals surface area contributed by atoms with E-state index < -0.39 is 0 Å². The van der Waals surface area contributed by atoms with E-state index in [0.29, 0.717) is 6.04 Å². The molecule has 0 aliphatic carbocycles. The minimum absolute atomic E-state index is 0.420. The molecule has 0 saturated carbocycles. The van der Waals surface area contributed by atoms with E-state index in [1.165, 1.54) is 5.69 Å². The summed E-state index contributed by atoms with van der Waals surface area (Å²) in [6.45, 7) is 5.06. The van der Waals surface area contributed by atoms with Crippen LogP contribution < -0.4 is 5.32 Å². The van der Waals surface area contributed by atoms with Gasteiger partial charge in [-0.1, -0.05) is 18.2 Å². The van der Waals surface area contributed by atoms with Crippen LogP contribution in [0.15, 0.2) is 49.1 Å². The molecule has 0 spiro atoms. The Balaban J connectivity index is 1.78. The van der Waals surface area contributed by atoms with Crippen molar-refractivity contribution in [1.82, 2.24) is 14.5 Å². The molecule has 0 fully saturated rings. The van der Waals surface area contributed by atoms with Gasteiger partial charge in [0.2, 0.25) is 0 Å². The van der Waals surface area contributed by atoms with Gasteiger partial charge in [0.15, 0.2) is 0 Å². The molecule has 0 saturated heterocycles. The first-order valence-electron chi connectivity index (χ1n) is 6.83. The zero-order chi connectivity index (χ0) is 13.9. The highest BCUT2D eigenvalue weighted by atomic mass is 15.1. The van der Waals surface area contributed by atoms with E-state index in [-0.39, 0.29) is 0 Å². The number of nitrogens with zero attached hydrogens (tertiary/aromatic N) is 3. The van der Waals surface area contributed by atoms with E-state index in [2.05, 4.69) is 45.8 Å². The molecule has 0 unspecified atom stereocenters. The second-order valence-corrected chi connectivity index (χ2v) is 5.16. The van der Waals surface area contributed by atoms with Gasteiger partial charge < -0.3 is 9.88 Å². The van der Waals surface area contributed by atoms with Gasteiger partial charge in [-0.15, -0.1) is 0 Å². The Kier molecular flexibility index (Phi) is 3.37. The molecule has 2 aromatic heterocycles. The van der Waals surface area contributed by atoms with Gasteiger partial charge in [-0.25, -0.2) is 4.98 Å². The number of aromatic nitrogens is 3. The average molecular weight is 266 g/mol. The third-order valence-corrected chi connectivity index (χ3v) is 3.37. The molecule has 2 heterocycles. The van der Waals surface area contributed by atoms with Crippen LogP contribution in [-0.4, -0.2) is 14.5 Å². The van der Waals surface area contributed by atoms with Crippen molar-refractivity contribution >= 4 is 16.6 Å². The van der Waals surface area contributed by atoms with E-state index in [1.54, 1.807) is 0 Å². The molecule has 0 atom stereocenters. The van der Waals surface area contributed by atoms with Crippen LogP contribution in [0.3, 0.4) is 0 Å². The largest absolute Gasteiger partial charge is 0.378 e. The molecule has 1 N–H and O–H groups in total. The molecular formula is C16H18N4. The quantitative estimate of drug-likeness (QED) is 0.784. The van der Waals surface area contributed by atoms with Crippen molar-refractivity contribution in [2.24, 2.45) is 0 Å². The molecule has 3 rings (SSSR count). The fourth-order valence-corrected chi connectivity index (χ4v) is 2.29. The Labute approximate surface area is 118 Å². The summed E-state index contributed by atoms with van der Waals surface area (Å²) >= 11 is 0. The van der Waals surface area contributed by atoms with Crippen LogP contribution in [0, 0.1) is 0 Å². The number of benzene rings is 1. The van der Waals surface area contributed by atoms with Crippen molar-refractivity contribution in [2.45, 2.75) is 26.4 Å². The Hall–Kier alpha value is -2.36. The van der Waals surface area contributed by atoms with Gasteiger partial charge >= 0.3 is 0 Å². The van der Waals surface area contributed by atoms with Gasteiger partial charge in [0.1, 0.15) is 0 Å². The number of hydrogen-bond donors (Lipinski definition) is 1. The Morgan fingerprint density at radius 3 is 2.90 bits per heavy atom. The number of fused-ring (bicyclic) bond motifs is 1. The smallest absolute Gasteiger partial charge is 0.0951 e. The summed E-state index contributed by atoms with van der Waals surface area (Å²) in [4.78, 5) is 8.67. The highest BCUT2D eigenvalue weighted by molar-refractivity contribution is 5.81. The summed E-state index contributed by atoms with van der Waals surface area (Å²) in [7, 11) is 0. The summed E-state index contributed by atoms with van der Waals surface area (Å²) in [5.41, 5.74) is 3.22. The van der Waals surface area contributed by atoms with Gasteiger partial charge in [0, 0.05) is 17.6 Å². The monoisotopic (exact) mass is 266 g/mol. The van der Waals surface area contributed by atoms with E-state index in [0.717, 1.165) is 23.1 Å². The second kappa shape index (κ2) is 5.33. The number of para-hydroxylation sites is 1. The van der Waals surface area contributed by atoms with Crippen LogP contribution in [0.4, 0.5) is 5.69 Å². The Bertz CT molecular complexity index is 715. The maximum atomic E-state index is 4.45. The minimum atomic E-state index is 0.420. The number of hydrogen-bond acceptors (Lipinski definition) is 3. The Morgan fingerprint density at radius 2 is 2.05 bits per heavy atom. The molecule has 3 aromatic rings. The van der Waals surface area contributed by atoms with E-state index in [9.17, 15) is 0 Å². The highest BCUT2D eigenvalue weighted by Gasteiger charge is 2.05. The van der Waals surface area contributed by atoms with Crippen LogP contribution in [0.25, 0.3) is 10.9 Å². The van der Waals surface area contributed by atoms with Gasteiger partial charge in [-0.2, -0.15) is 0 Å². The van der Waals surface area contributed by atoms with Gasteiger partial charge in [-0.3, -0.25) is 4.98 Å². The van der Waals surface area contributed by atoms with Crippen molar-refractivity contribution in [2.75, 3.05) is 5.32 Å². The van der Waals surface area contributed by atoms with Crippen LogP contribution >= 0.6 is 0 Å². The predicted molar refractivity (Wildman–Crippen MR) is 81.7 cm³/mol. The molecule has 0 radical (unpaired) electrons. The number of rotatable bonds is 4. The first kappa shape index (κ1) is 12.7. The molecule has 0 aliphatic heterocycles. The van der Waals surface area contributed by atoms with Crippen LogP contribution in [0.2, 0.25) is 0 Å². The van der Waals surface area contributed by atoms with Gasteiger partial charge in [0.25, 0.3) is 0 Å². The van der Waals surface area contributed by atoms with Crippen molar-refractivity contribution in [1.29, 1.82) is 0 Å². The summed E-state index contributed by atoms with van der Waals surface area (Å²) in [5, 5.41) is 4.56.